The van der Waals surface area contributed by atoms with Crippen LogP contribution in [0.4, 0.5) is 10.8 Å². The third-order valence-electron chi connectivity index (χ3n) is 3.28. The van der Waals surface area contributed by atoms with E-state index in [1.165, 1.54) is 0 Å². The number of sulfone groups is 1. The molecular formula is C11H19N3O2S2. The summed E-state index contributed by atoms with van der Waals surface area (Å²) in [6.07, 6.45) is 1.47. The molecule has 1 saturated carbocycles. The van der Waals surface area contributed by atoms with Crippen molar-refractivity contribution in [3.05, 3.63) is 0 Å². The van der Waals surface area contributed by atoms with Crippen molar-refractivity contribution in [2.75, 3.05) is 11.1 Å². The predicted octanol–water partition coefficient (Wildman–Crippen LogP) is 2.12. The molecule has 3 N–H and O–H groups in total. The zero-order valence-electron chi connectivity index (χ0n) is 10.8. The van der Waals surface area contributed by atoms with Crippen molar-refractivity contribution in [3.8, 4) is 0 Å². The van der Waals surface area contributed by atoms with Crippen LogP contribution in [0.15, 0.2) is 4.90 Å². The highest BCUT2D eigenvalue weighted by Gasteiger charge is 2.40. The lowest BCUT2D eigenvalue weighted by atomic mass is 10.1. The van der Waals surface area contributed by atoms with Crippen LogP contribution in [0, 0.1) is 5.92 Å². The van der Waals surface area contributed by atoms with Crippen LogP contribution in [-0.4, -0.2) is 24.1 Å². The summed E-state index contributed by atoms with van der Waals surface area (Å²) in [4.78, 5) is 0.211. The number of rotatable bonds is 5. The Morgan fingerprint density at radius 1 is 1.39 bits per heavy atom. The van der Waals surface area contributed by atoms with Gasteiger partial charge < -0.3 is 11.1 Å². The molecule has 0 radical (unpaired) electrons. The normalized spacial score (nSPS) is 18.0. The van der Waals surface area contributed by atoms with Gasteiger partial charge >= 0.3 is 0 Å². The maximum Gasteiger partial charge on any atom is 0.187 e. The fourth-order valence-electron chi connectivity index (χ4n) is 1.58. The molecule has 2 rings (SSSR count). The molecule has 1 heterocycles. The maximum atomic E-state index is 12.3. The third-order valence-corrected chi connectivity index (χ3v) is 6.53. The van der Waals surface area contributed by atoms with Crippen LogP contribution < -0.4 is 11.1 Å². The van der Waals surface area contributed by atoms with E-state index in [0.717, 1.165) is 24.4 Å². The van der Waals surface area contributed by atoms with Crippen LogP contribution >= 0.6 is 11.5 Å². The minimum absolute atomic E-state index is 0.130. The van der Waals surface area contributed by atoms with Gasteiger partial charge in [-0.25, -0.2) is 8.42 Å². The number of nitrogens with zero attached hydrogens (tertiary/aromatic N) is 1. The van der Waals surface area contributed by atoms with Crippen molar-refractivity contribution < 1.29 is 8.42 Å². The number of nitrogens with two attached hydrogens (primary N) is 1. The van der Waals surface area contributed by atoms with Crippen LogP contribution in [-0.2, 0) is 9.84 Å². The van der Waals surface area contributed by atoms with Crippen LogP contribution in [0.2, 0.25) is 0 Å². The minimum Gasteiger partial charge on any atom is -0.382 e. The minimum atomic E-state index is -3.29. The Morgan fingerprint density at radius 3 is 2.50 bits per heavy atom. The first-order chi connectivity index (χ1) is 8.34. The van der Waals surface area contributed by atoms with Crippen LogP contribution in [0.1, 0.15) is 33.6 Å². The van der Waals surface area contributed by atoms with Crippen molar-refractivity contribution in [1.82, 2.24) is 4.37 Å². The van der Waals surface area contributed by atoms with Gasteiger partial charge in [0.15, 0.2) is 15.7 Å². The molecule has 1 aromatic heterocycles. The molecule has 1 aliphatic rings. The molecule has 0 saturated heterocycles. The molecule has 0 amide bonds. The first-order valence-electron chi connectivity index (χ1n) is 6.09. The average Bonchev–Trinajstić information content (AvgIpc) is 3.05. The molecule has 102 valence electrons. The van der Waals surface area contributed by atoms with Gasteiger partial charge in [0.2, 0.25) is 0 Å². The molecule has 1 unspecified atom stereocenters. The van der Waals surface area contributed by atoms with Crippen LogP contribution in [0.25, 0.3) is 0 Å². The Morgan fingerprint density at radius 2 is 2.00 bits per heavy atom. The Hall–Kier alpha value is -0.820. The monoisotopic (exact) mass is 289 g/mol. The molecule has 0 aromatic carbocycles. The Labute approximate surface area is 112 Å². The molecule has 0 spiro atoms. The summed E-state index contributed by atoms with van der Waals surface area (Å²) in [7, 11) is -3.29. The average molecular weight is 289 g/mol. The fourth-order valence-corrected chi connectivity index (χ4v) is 4.55. The molecule has 18 heavy (non-hydrogen) atoms. The lowest BCUT2D eigenvalue weighted by Gasteiger charge is -2.18. The topological polar surface area (TPSA) is 85.1 Å². The summed E-state index contributed by atoms with van der Waals surface area (Å²) >= 11 is 1.13. The number of anilines is 2. The largest absolute Gasteiger partial charge is 0.382 e. The summed E-state index contributed by atoms with van der Waals surface area (Å²) in [5.74, 6) is 0.537. The second-order valence-electron chi connectivity index (χ2n) is 5.15. The first-order valence-corrected chi connectivity index (χ1v) is 8.41. The molecule has 1 atom stereocenters. The van der Waals surface area contributed by atoms with E-state index in [2.05, 4.69) is 23.5 Å². The van der Waals surface area contributed by atoms with Crippen molar-refractivity contribution in [3.63, 3.8) is 0 Å². The number of nitrogen functional groups attached to an aromatic ring is 1. The molecule has 0 aliphatic heterocycles. The smallest absolute Gasteiger partial charge is 0.187 e. The Bertz CT molecular complexity index is 532. The predicted molar refractivity (Wildman–Crippen MR) is 74.7 cm³/mol. The lowest BCUT2D eigenvalue weighted by molar-refractivity contribution is 0.559. The summed E-state index contributed by atoms with van der Waals surface area (Å²) in [6.45, 7) is 6.18. The summed E-state index contributed by atoms with van der Waals surface area (Å²) in [6, 6.07) is 0.179. The number of hydrogen-bond acceptors (Lipinski definition) is 6. The Balaban J connectivity index is 2.33. The highest BCUT2D eigenvalue weighted by Crippen LogP contribution is 2.41. The zero-order valence-corrected chi connectivity index (χ0v) is 12.4. The van der Waals surface area contributed by atoms with E-state index in [1.807, 2.05) is 6.92 Å². The van der Waals surface area contributed by atoms with Gasteiger partial charge in [0.1, 0.15) is 9.90 Å². The second-order valence-corrected chi connectivity index (χ2v) is 8.09. The Kier molecular flexibility index (Phi) is 3.55. The van der Waals surface area contributed by atoms with E-state index >= 15 is 0 Å². The summed E-state index contributed by atoms with van der Waals surface area (Å²) in [5.41, 5.74) is 5.73. The van der Waals surface area contributed by atoms with Gasteiger partial charge in [-0.15, -0.1) is 0 Å². The SMILES string of the molecule is CC(C)C(C)Nc1snc(N)c1S(=O)(=O)C1CC1. The molecule has 1 aromatic rings. The standard InChI is InChI=1S/C11H19N3O2S2/c1-6(2)7(3)13-11-9(10(12)14-17-11)18(15,16)8-4-5-8/h6-8,13H,4-5H2,1-3H3,(H2,12,14). The van der Waals surface area contributed by atoms with Gasteiger partial charge in [-0.1, -0.05) is 13.8 Å². The molecule has 5 nitrogen and oxygen atoms in total. The fraction of sp³-hybridized carbons (Fsp3) is 0.727. The van der Waals surface area contributed by atoms with Gasteiger partial charge in [-0.3, -0.25) is 0 Å². The van der Waals surface area contributed by atoms with Crippen LogP contribution in [0.5, 0.6) is 0 Å². The quantitative estimate of drug-likeness (QED) is 0.867. The summed E-state index contributed by atoms with van der Waals surface area (Å²) in [5, 5.41) is 3.54. The van der Waals surface area contributed by atoms with Gasteiger partial charge in [0.05, 0.1) is 5.25 Å². The zero-order chi connectivity index (χ0) is 13.5. The van der Waals surface area contributed by atoms with Gasteiger partial charge in [-0.2, -0.15) is 4.37 Å². The molecule has 0 bridgehead atoms. The molecule has 1 fully saturated rings. The van der Waals surface area contributed by atoms with Gasteiger partial charge in [-0.05, 0) is 37.2 Å². The molecule has 1 aliphatic carbocycles. The van der Waals surface area contributed by atoms with E-state index in [9.17, 15) is 8.42 Å². The number of nitrogens with one attached hydrogen (secondary N) is 1. The third kappa shape index (κ3) is 2.47. The van der Waals surface area contributed by atoms with Crippen LogP contribution in [0.3, 0.4) is 0 Å². The van der Waals surface area contributed by atoms with E-state index in [4.69, 9.17) is 5.73 Å². The lowest BCUT2D eigenvalue weighted by Crippen LogP contribution is -2.22. The van der Waals surface area contributed by atoms with Gasteiger partial charge in [0, 0.05) is 6.04 Å². The highest BCUT2D eigenvalue weighted by molar-refractivity contribution is 7.92. The molecular weight excluding hydrogens is 270 g/mol. The molecule has 7 heteroatoms. The van der Waals surface area contributed by atoms with Crippen molar-refractivity contribution >= 4 is 32.2 Å². The second kappa shape index (κ2) is 4.70. The highest BCUT2D eigenvalue weighted by atomic mass is 32.2. The number of hydrogen-bond donors (Lipinski definition) is 2. The van der Waals surface area contributed by atoms with E-state index in [-0.39, 0.29) is 22.0 Å². The maximum absolute atomic E-state index is 12.3. The number of aromatic nitrogens is 1. The van der Waals surface area contributed by atoms with E-state index < -0.39 is 9.84 Å². The first kappa shape index (κ1) is 13.6. The van der Waals surface area contributed by atoms with Crippen molar-refractivity contribution in [2.45, 2.75) is 49.8 Å². The summed E-state index contributed by atoms with van der Waals surface area (Å²) < 4.78 is 28.6. The van der Waals surface area contributed by atoms with E-state index in [0.29, 0.717) is 10.9 Å². The van der Waals surface area contributed by atoms with Gasteiger partial charge in [0.25, 0.3) is 0 Å². The van der Waals surface area contributed by atoms with E-state index in [1.54, 1.807) is 0 Å². The van der Waals surface area contributed by atoms with Crippen molar-refractivity contribution in [2.24, 2.45) is 5.92 Å². The van der Waals surface area contributed by atoms with Crippen molar-refractivity contribution in [1.29, 1.82) is 0 Å².